The van der Waals surface area contributed by atoms with E-state index < -0.39 is 24.1 Å². The van der Waals surface area contributed by atoms with Crippen LogP contribution in [0.4, 0.5) is 0 Å². The number of carbonyl (C=O) groups excluding carboxylic acids is 3. The molecule has 2 atom stereocenters. The summed E-state index contributed by atoms with van der Waals surface area (Å²) in [6.07, 6.45) is 66.1. The van der Waals surface area contributed by atoms with E-state index in [0.29, 0.717) is 12.8 Å². The summed E-state index contributed by atoms with van der Waals surface area (Å²) in [4.78, 5) is 36.9. The normalized spacial score (nSPS) is 14.2. The van der Waals surface area contributed by atoms with Crippen molar-refractivity contribution >= 4 is 17.9 Å². The number of nitrogens with zero attached hydrogens (tertiary/aromatic N) is 1. The Kier molecular flexibility index (Phi) is 41.5. The molecule has 0 bridgehead atoms. The minimum atomic E-state index is -1.15. The summed E-state index contributed by atoms with van der Waals surface area (Å²) < 4.78 is 17.1. The standard InChI is InChI=1S/C56H85NO7/c1-6-8-10-12-14-16-18-20-22-24-26-27-29-30-32-34-36-38-40-42-44-46-54(58)63-51-52(50-62-49-48-53(56(60)61)57(3,4)5)64-55(59)47-45-43-41-39-37-35-33-31-28-25-23-21-19-17-15-13-11-9-7-2/h8-11,14-17,20-23,26-28,30-32,35-38,41,43,52-53H,6-7,12-13,18-19,24-25,29,33-34,39-40,42,44-51H2,1-5H3/b10-8+,11-9+,16-14+,17-15+,22-20+,23-21+,27-26+,31-28+,32-30+,37-35+,38-36+,43-41+. The molecule has 0 radical (unpaired) electrons. The summed E-state index contributed by atoms with van der Waals surface area (Å²) in [5.74, 6) is -1.92. The van der Waals surface area contributed by atoms with Gasteiger partial charge in [0.2, 0.25) is 0 Å². The summed E-state index contributed by atoms with van der Waals surface area (Å²) in [5.41, 5.74) is 0. The number of carbonyl (C=O) groups is 3. The molecule has 0 N–H and O–H groups in total. The van der Waals surface area contributed by atoms with Crippen LogP contribution in [0.3, 0.4) is 0 Å². The number of ether oxygens (including phenoxy) is 3. The van der Waals surface area contributed by atoms with E-state index in [4.69, 9.17) is 14.2 Å². The topological polar surface area (TPSA) is 102 Å². The van der Waals surface area contributed by atoms with Crippen LogP contribution in [0.5, 0.6) is 0 Å². The van der Waals surface area contributed by atoms with E-state index in [0.717, 1.165) is 89.9 Å². The van der Waals surface area contributed by atoms with Gasteiger partial charge in [0.15, 0.2) is 6.10 Å². The Labute approximate surface area is 389 Å². The molecule has 0 saturated carbocycles. The number of hydrogen-bond acceptors (Lipinski definition) is 7. The largest absolute Gasteiger partial charge is 0.544 e. The van der Waals surface area contributed by atoms with Gasteiger partial charge in [-0.1, -0.05) is 160 Å². The van der Waals surface area contributed by atoms with Gasteiger partial charge in [-0.25, -0.2) is 0 Å². The van der Waals surface area contributed by atoms with E-state index in [1.54, 1.807) is 21.1 Å². The zero-order valence-electron chi connectivity index (χ0n) is 40.4. The van der Waals surface area contributed by atoms with E-state index in [-0.39, 0.29) is 49.5 Å². The van der Waals surface area contributed by atoms with E-state index in [9.17, 15) is 19.5 Å². The first-order chi connectivity index (χ1) is 31.1. The number of likely N-dealkylation sites (N-methyl/N-ethyl adjacent to an activating group) is 1. The quantitative estimate of drug-likeness (QED) is 0.0261. The molecule has 0 aromatic heterocycles. The predicted octanol–water partition coefficient (Wildman–Crippen LogP) is 12.4. The first-order valence-electron chi connectivity index (χ1n) is 23.9. The minimum absolute atomic E-state index is 0.0154. The lowest BCUT2D eigenvalue weighted by molar-refractivity contribution is -0.889. The van der Waals surface area contributed by atoms with Crippen molar-refractivity contribution in [3.05, 3.63) is 146 Å². The Balaban J connectivity index is 4.54. The van der Waals surface area contributed by atoms with Crippen molar-refractivity contribution in [3.63, 3.8) is 0 Å². The molecular formula is C56H85NO7. The van der Waals surface area contributed by atoms with Crippen molar-refractivity contribution < 1.29 is 38.2 Å². The van der Waals surface area contributed by atoms with Crippen LogP contribution in [0.1, 0.15) is 136 Å². The highest BCUT2D eigenvalue weighted by molar-refractivity contribution is 5.70. The van der Waals surface area contributed by atoms with Crippen LogP contribution in [-0.2, 0) is 28.6 Å². The first-order valence-corrected chi connectivity index (χ1v) is 23.9. The van der Waals surface area contributed by atoms with Gasteiger partial charge in [0, 0.05) is 19.3 Å². The summed E-state index contributed by atoms with van der Waals surface area (Å²) in [7, 11) is 5.35. The van der Waals surface area contributed by atoms with Crippen LogP contribution in [0, 0.1) is 0 Å². The fourth-order valence-electron chi connectivity index (χ4n) is 5.86. The Hall–Kier alpha value is -4.79. The van der Waals surface area contributed by atoms with Crippen LogP contribution in [0.15, 0.2) is 146 Å². The van der Waals surface area contributed by atoms with Crippen LogP contribution < -0.4 is 5.11 Å². The summed E-state index contributed by atoms with van der Waals surface area (Å²) >= 11 is 0. The third-order valence-electron chi connectivity index (χ3n) is 9.48. The highest BCUT2D eigenvalue weighted by Gasteiger charge is 2.25. The molecule has 0 heterocycles. The molecule has 0 rings (SSSR count). The van der Waals surface area contributed by atoms with Crippen molar-refractivity contribution in [1.29, 1.82) is 0 Å². The molecule has 0 aliphatic carbocycles. The molecular weight excluding hydrogens is 799 g/mol. The van der Waals surface area contributed by atoms with Gasteiger partial charge in [-0.15, -0.1) is 0 Å². The molecule has 0 aliphatic heterocycles. The smallest absolute Gasteiger partial charge is 0.306 e. The molecule has 8 nitrogen and oxygen atoms in total. The van der Waals surface area contributed by atoms with Gasteiger partial charge in [-0.05, 0) is 103 Å². The molecule has 0 aromatic rings. The van der Waals surface area contributed by atoms with Crippen LogP contribution in [0.2, 0.25) is 0 Å². The molecule has 0 saturated heterocycles. The van der Waals surface area contributed by atoms with E-state index in [1.165, 1.54) is 0 Å². The lowest BCUT2D eigenvalue weighted by atomic mass is 10.1. The number of aliphatic carboxylic acids is 1. The van der Waals surface area contributed by atoms with Gasteiger partial charge < -0.3 is 28.6 Å². The summed E-state index contributed by atoms with van der Waals surface area (Å²) in [5, 5.41) is 11.6. The van der Waals surface area contributed by atoms with E-state index in [1.807, 2.05) is 12.2 Å². The second-order valence-corrected chi connectivity index (χ2v) is 16.2. The molecule has 2 unspecified atom stereocenters. The van der Waals surface area contributed by atoms with Crippen LogP contribution in [-0.4, -0.2) is 75.5 Å². The second-order valence-electron chi connectivity index (χ2n) is 16.2. The summed E-state index contributed by atoms with van der Waals surface area (Å²) in [6, 6.07) is -0.756. The number of hydrogen-bond donors (Lipinski definition) is 0. The first kappa shape index (κ1) is 59.2. The molecule has 8 heteroatoms. The molecule has 0 fully saturated rings. The number of esters is 2. The Morgan fingerprint density at radius 1 is 0.469 bits per heavy atom. The molecule has 0 amide bonds. The van der Waals surface area contributed by atoms with Crippen molar-refractivity contribution in [2.75, 3.05) is 41.0 Å². The average Bonchev–Trinajstić information content (AvgIpc) is 3.26. The Morgan fingerprint density at radius 3 is 1.22 bits per heavy atom. The van der Waals surface area contributed by atoms with Gasteiger partial charge >= 0.3 is 11.9 Å². The number of allylic oxidation sites excluding steroid dienone is 24. The highest BCUT2D eigenvalue weighted by Crippen LogP contribution is 2.10. The average molecular weight is 884 g/mol. The number of unbranched alkanes of at least 4 members (excludes halogenated alkanes) is 2. The van der Waals surface area contributed by atoms with Gasteiger partial charge in [0.05, 0.1) is 40.3 Å². The fraction of sp³-hybridized carbons (Fsp3) is 0.518. The maximum Gasteiger partial charge on any atom is 0.306 e. The Morgan fingerprint density at radius 2 is 0.844 bits per heavy atom. The lowest BCUT2D eigenvalue weighted by Gasteiger charge is -2.34. The SMILES string of the molecule is CC/C=C/C/C=C/C/C=C/C/C=C/C/C=C/C/C=C/CCCCC(=O)OCC(COCCC(C(=O)[O-])[N+](C)(C)C)OC(=O)CC/C=C/C/C=C/C/C=C/C/C=C/C/C=C/C/C=C/CC. The number of carboxylic acids is 1. The number of quaternary nitrogens is 1. The van der Waals surface area contributed by atoms with Crippen molar-refractivity contribution in [2.24, 2.45) is 0 Å². The van der Waals surface area contributed by atoms with Gasteiger partial charge in [0.1, 0.15) is 12.6 Å². The van der Waals surface area contributed by atoms with Gasteiger partial charge in [-0.3, -0.25) is 9.59 Å². The van der Waals surface area contributed by atoms with Crippen molar-refractivity contribution in [3.8, 4) is 0 Å². The lowest BCUT2D eigenvalue weighted by Crippen LogP contribution is -2.55. The zero-order chi connectivity index (χ0) is 47.0. The van der Waals surface area contributed by atoms with E-state index >= 15 is 0 Å². The van der Waals surface area contributed by atoms with Crippen LogP contribution >= 0.6 is 0 Å². The molecule has 0 aromatic carbocycles. The third-order valence-corrected chi connectivity index (χ3v) is 9.48. The fourth-order valence-corrected chi connectivity index (χ4v) is 5.86. The van der Waals surface area contributed by atoms with Gasteiger partial charge in [0.25, 0.3) is 0 Å². The zero-order valence-corrected chi connectivity index (χ0v) is 40.4. The highest BCUT2D eigenvalue weighted by atomic mass is 16.6. The van der Waals surface area contributed by atoms with E-state index in [2.05, 4.69) is 148 Å². The van der Waals surface area contributed by atoms with Crippen molar-refractivity contribution in [2.45, 2.75) is 148 Å². The molecule has 64 heavy (non-hydrogen) atoms. The predicted molar refractivity (Wildman–Crippen MR) is 267 cm³/mol. The number of carboxylic acid groups (broad SMARTS) is 1. The third kappa shape index (κ3) is 42.5. The number of rotatable bonds is 40. The molecule has 0 spiro atoms. The monoisotopic (exact) mass is 884 g/mol. The Bertz CT molecular complexity index is 1540. The van der Waals surface area contributed by atoms with Crippen molar-refractivity contribution in [1.82, 2.24) is 0 Å². The van der Waals surface area contributed by atoms with Gasteiger partial charge in [-0.2, -0.15) is 0 Å². The second kappa shape index (κ2) is 44.8. The maximum absolute atomic E-state index is 12.7. The van der Waals surface area contributed by atoms with Crippen LogP contribution in [0.25, 0.3) is 0 Å². The summed E-state index contributed by atoms with van der Waals surface area (Å²) in [6.45, 7) is 4.27. The minimum Gasteiger partial charge on any atom is -0.544 e. The molecule has 0 aliphatic rings. The molecule has 356 valence electrons. The maximum atomic E-state index is 12.7.